The van der Waals surface area contributed by atoms with Crippen LogP contribution in [0.4, 0.5) is 0 Å². The Bertz CT molecular complexity index is 849. The van der Waals surface area contributed by atoms with Gasteiger partial charge in [-0.25, -0.2) is 0 Å². The summed E-state index contributed by atoms with van der Waals surface area (Å²) in [6, 6.07) is 9.43. The van der Waals surface area contributed by atoms with Gasteiger partial charge in [-0.3, -0.25) is 9.89 Å². The SMILES string of the molecule is Cc1n[nH]c(C)c1[C@H](N)C(=O)NCc1nncn1CCc1ccccc1. The molecule has 8 heteroatoms. The molecule has 8 nitrogen and oxygen atoms in total. The van der Waals surface area contributed by atoms with Gasteiger partial charge in [0, 0.05) is 17.8 Å². The first-order valence-electron chi connectivity index (χ1n) is 8.51. The minimum absolute atomic E-state index is 0.268. The second-order valence-corrected chi connectivity index (χ2v) is 6.22. The van der Waals surface area contributed by atoms with Crippen molar-refractivity contribution in [3.63, 3.8) is 0 Å². The van der Waals surface area contributed by atoms with E-state index >= 15 is 0 Å². The number of carbonyl (C=O) groups is 1. The van der Waals surface area contributed by atoms with E-state index in [1.54, 1.807) is 6.33 Å². The number of aromatic amines is 1. The molecule has 0 bridgehead atoms. The second-order valence-electron chi connectivity index (χ2n) is 6.22. The summed E-state index contributed by atoms with van der Waals surface area (Å²) in [5.74, 6) is 0.428. The Labute approximate surface area is 151 Å². The van der Waals surface area contributed by atoms with Gasteiger partial charge in [0.25, 0.3) is 0 Å². The van der Waals surface area contributed by atoms with Gasteiger partial charge in [-0.1, -0.05) is 30.3 Å². The molecule has 2 heterocycles. The van der Waals surface area contributed by atoms with Crippen LogP contribution in [0.5, 0.6) is 0 Å². The number of hydrogen-bond acceptors (Lipinski definition) is 5. The van der Waals surface area contributed by atoms with Crippen molar-refractivity contribution >= 4 is 5.91 Å². The third-order valence-corrected chi connectivity index (χ3v) is 4.38. The van der Waals surface area contributed by atoms with Crippen LogP contribution >= 0.6 is 0 Å². The molecule has 26 heavy (non-hydrogen) atoms. The number of amides is 1. The van der Waals surface area contributed by atoms with Crippen molar-refractivity contribution < 1.29 is 4.79 Å². The van der Waals surface area contributed by atoms with E-state index in [0.717, 1.165) is 29.9 Å². The molecule has 136 valence electrons. The lowest BCUT2D eigenvalue weighted by atomic mass is 10.1. The van der Waals surface area contributed by atoms with E-state index in [1.807, 2.05) is 36.6 Å². The third-order valence-electron chi connectivity index (χ3n) is 4.38. The second kappa shape index (κ2) is 7.92. The summed E-state index contributed by atoms with van der Waals surface area (Å²) in [7, 11) is 0. The summed E-state index contributed by atoms with van der Waals surface area (Å²) in [4.78, 5) is 12.4. The molecule has 3 rings (SSSR count). The summed E-state index contributed by atoms with van der Waals surface area (Å²) in [6.07, 6.45) is 2.54. The Morgan fingerprint density at radius 2 is 2.08 bits per heavy atom. The molecule has 0 saturated carbocycles. The zero-order chi connectivity index (χ0) is 18.5. The molecule has 0 aliphatic heterocycles. The van der Waals surface area contributed by atoms with E-state index in [1.165, 1.54) is 5.56 Å². The normalized spacial score (nSPS) is 12.1. The highest BCUT2D eigenvalue weighted by Gasteiger charge is 2.22. The first kappa shape index (κ1) is 17.8. The van der Waals surface area contributed by atoms with Gasteiger partial charge in [0.15, 0.2) is 5.82 Å². The number of H-pyrrole nitrogens is 1. The van der Waals surface area contributed by atoms with Crippen molar-refractivity contribution in [3.8, 4) is 0 Å². The number of hydrogen-bond donors (Lipinski definition) is 3. The molecule has 0 spiro atoms. The monoisotopic (exact) mass is 353 g/mol. The van der Waals surface area contributed by atoms with E-state index in [2.05, 4.69) is 37.8 Å². The van der Waals surface area contributed by atoms with Crippen LogP contribution in [-0.4, -0.2) is 30.9 Å². The average molecular weight is 353 g/mol. The van der Waals surface area contributed by atoms with Crippen LogP contribution in [0.15, 0.2) is 36.7 Å². The minimum Gasteiger partial charge on any atom is -0.347 e. The van der Waals surface area contributed by atoms with E-state index in [4.69, 9.17) is 5.73 Å². The quantitative estimate of drug-likeness (QED) is 0.590. The van der Waals surface area contributed by atoms with Crippen LogP contribution in [0.25, 0.3) is 0 Å². The first-order valence-corrected chi connectivity index (χ1v) is 8.51. The highest BCUT2D eigenvalue weighted by molar-refractivity contribution is 5.83. The molecule has 1 amide bonds. The van der Waals surface area contributed by atoms with Gasteiger partial charge < -0.3 is 15.6 Å². The summed E-state index contributed by atoms with van der Waals surface area (Å²) in [6.45, 7) is 4.69. The number of rotatable bonds is 7. The third kappa shape index (κ3) is 3.97. The number of nitrogens with zero attached hydrogens (tertiary/aromatic N) is 4. The standard InChI is InChI=1S/C18H23N7O/c1-12-16(13(2)23-22-12)17(19)18(26)20-10-15-24-21-11-25(15)9-8-14-6-4-3-5-7-14/h3-7,11,17H,8-10,19H2,1-2H3,(H,20,26)(H,22,23)/t17-/m0/s1. The summed E-state index contributed by atoms with van der Waals surface area (Å²) < 4.78 is 1.94. The van der Waals surface area contributed by atoms with Gasteiger partial charge in [-0.15, -0.1) is 10.2 Å². The topological polar surface area (TPSA) is 115 Å². The maximum absolute atomic E-state index is 12.4. The molecular formula is C18H23N7O. The van der Waals surface area contributed by atoms with Gasteiger partial charge in [-0.2, -0.15) is 5.10 Å². The van der Waals surface area contributed by atoms with E-state index in [9.17, 15) is 4.79 Å². The Morgan fingerprint density at radius 3 is 2.77 bits per heavy atom. The van der Waals surface area contributed by atoms with Gasteiger partial charge >= 0.3 is 0 Å². The molecule has 0 fully saturated rings. The predicted molar refractivity (Wildman–Crippen MR) is 97.0 cm³/mol. The number of carbonyl (C=O) groups excluding carboxylic acids is 1. The van der Waals surface area contributed by atoms with Crippen molar-refractivity contribution in [1.29, 1.82) is 0 Å². The zero-order valence-electron chi connectivity index (χ0n) is 14.9. The largest absolute Gasteiger partial charge is 0.347 e. The maximum atomic E-state index is 12.4. The lowest BCUT2D eigenvalue weighted by molar-refractivity contribution is -0.122. The van der Waals surface area contributed by atoms with Crippen molar-refractivity contribution in [2.45, 2.75) is 39.4 Å². The van der Waals surface area contributed by atoms with Gasteiger partial charge in [0.05, 0.1) is 12.2 Å². The van der Waals surface area contributed by atoms with Crippen LogP contribution in [0.2, 0.25) is 0 Å². The van der Waals surface area contributed by atoms with Gasteiger partial charge in [0.2, 0.25) is 5.91 Å². The number of aryl methyl sites for hydroxylation is 4. The summed E-state index contributed by atoms with van der Waals surface area (Å²) in [5, 5.41) is 17.8. The molecule has 0 aliphatic rings. The van der Waals surface area contributed by atoms with Crippen molar-refractivity contribution in [2.75, 3.05) is 0 Å². The maximum Gasteiger partial charge on any atom is 0.242 e. The molecule has 0 radical (unpaired) electrons. The molecule has 4 N–H and O–H groups in total. The molecule has 1 aromatic carbocycles. The Morgan fingerprint density at radius 1 is 1.31 bits per heavy atom. The lowest BCUT2D eigenvalue weighted by Crippen LogP contribution is -2.35. The van der Waals surface area contributed by atoms with Gasteiger partial charge in [-0.05, 0) is 25.8 Å². The average Bonchev–Trinajstić information content (AvgIpc) is 3.24. The van der Waals surface area contributed by atoms with E-state index in [-0.39, 0.29) is 12.5 Å². The van der Waals surface area contributed by atoms with Crippen molar-refractivity contribution in [1.82, 2.24) is 30.3 Å². The fourth-order valence-electron chi connectivity index (χ4n) is 2.92. The van der Waals surface area contributed by atoms with Crippen molar-refractivity contribution in [3.05, 3.63) is 65.0 Å². The molecule has 3 aromatic rings. The molecule has 2 aromatic heterocycles. The fourth-order valence-corrected chi connectivity index (χ4v) is 2.92. The highest BCUT2D eigenvalue weighted by atomic mass is 16.2. The number of nitrogens with two attached hydrogens (primary N) is 1. The number of aromatic nitrogens is 5. The van der Waals surface area contributed by atoms with Crippen molar-refractivity contribution in [2.24, 2.45) is 5.73 Å². The first-order chi connectivity index (χ1) is 12.6. The number of benzene rings is 1. The summed E-state index contributed by atoms with van der Waals surface area (Å²) in [5.41, 5.74) is 9.59. The fraction of sp³-hybridized carbons (Fsp3) is 0.333. The van der Waals surface area contributed by atoms with E-state index < -0.39 is 6.04 Å². The van der Waals surface area contributed by atoms with Crippen LogP contribution in [0.3, 0.4) is 0 Å². The number of nitrogens with one attached hydrogen (secondary N) is 2. The molecular weight excluding hydrogens is 330 g/mol. The Balaban J connectivity index is 1.58. The van der Waals surface area contributed by atoms with Crippen LogP contribution in [0, 0.1) is 13.8 Å². The van der Waals surface area contributed by atoms with Crippen LogP contribution in [0.1, 0.15) is 34.4 Å². The predicted octanol–water partition coefficient (Wildman–Crippen LogP) is 1.18. The van der Waals surface area contributed by atoms with Crippen LogP contribution < -0.4 is 11.1 Å². The smallest absolute Gasteiger partial charge is 0.242 e. The molecule has 0 unspecified atom stereocenters. The minimum atomic E-state index is -0.769. The Kier molecular flexibility index (Phi) is 5.43. The highest BCUT2D eigenvalue weighted by Crippen LogP contribution is 2.17. The van der Waals surface area contributed by atoms with E-state index in [0.29, 0.717) is 5.82 Å². The molecule has 1 atom stereocenters. The summed E-state index contributed by atoms with van der Waals surface area (Å²) >= 11 is 0. The molecule has 0 saturated heterocycles. The van der Waals surface area contributed by atoms with Crippen LogP contribution in [-0.2, 0) is 24.3 Å². The van der Waals surface area contributed by atoms with Gasteiger partial charge in [0.1, 0.15) is 12.4 Å². The molecule has 0 aliphatic carbocycles. The lowest BCUT2D eigenvalue weighted by Gasteiger charge is -2.13. The zero-order valence-corrected chi connectivity index (χ0v) is 14.9. The Hall–Kier alpha value is -3.00.